The number of halogens is 3. The number of rotatable bonds is 8. The van der Waals surface area contributed by atoms with E-state index in [0.717, 1.165) is 34.5 Å². The number of alkyl halides is 3. The average Bonchev–Trinajstić information content (AvgIpc) is 3.33. The highest BCUT2D eigenvalue weighted by molar-refractivity contribution is 7.80. The second-order valence-electron chi connectivity index (χ2n) is 11.8. The molecule has 0 radical (unpaired) electrons. The highest BCUT2D eigenvalue weighted by atomic mass is 32.1. The third kappa shape index (κ3) is 8.47. The van der Waals surface area contributed by atoms with Crippen LogP contribution in [0.2, 0.25) is 0 Å². The Morgan fingerprint density at radius 2 is 1.52 bits per heavy atom. The van der Waals surface area contributed by atoms with Gasteiger partial charge in [0.15, 0.2) is 5.11 Å². The van der Waals surface area contributed by atoms with Gasteiger partial charge >= 0.3 is 12.4 Å². The van der Waals surface area contributed by atoms with Gasteiger partial charge < -0.3 is 15.4 Å². The Morgan fingerprint density at radius 1 is 0.880 bits per heavy atom. The van der Waals surface area contributed by atoms with Crippen LogP contribution in [0.4, 0.5) is 40.8 Å². The summed E-state index contributed by atoms with van der Waals surface area (Å²) in [6, 6.07) is 26.6. The SMILES string of the molecule is Cc1ccc(C(C)C)c(NC(=S)NC(=O)N(c2ccccc2)c2ccc(-c3nn(C)c(NC(=O)c4ccc(OC(F)(F)F)cc4)c3C)cc2)c1. The van der Waals surface area contributed by atoms with Gasteiger partial charge in [-0.25, -0.2) is 4.79 Å². The van der Waals surface area contributed by atoms with Crippen molar-refractivity contribution in [3.8, 4) is 17.0 Å². The van der Waals surface area contributed by atoms with Gasteiger partial charge in [-0.1, -0.05) is 56.3 Å². The van der Waals surface area contributed by atoms with E-state index < -0.39 is 24.1 Å². The molecule has 4 aromatic carbocycles. The minimum absolute atomic E-state index is 0.138. The summed E-state index contributed by atoms with van der Waals surface area (Å²) in [7, 11) is 1.67. The number of hydrogen-bond donors (Lipinski definition) is 3. The van der Waals surface area contributed by atoms with Crippen LogP contribution in [-0.2, 0) is 7.05 Å². The quantitative estimate of drug-likeness (QED) is 0.140. The zero-order chi connectivity index (χ0) is 36.2. The Morgan fingerprint density at radius 3 is 2.14 bits per heavy atom. The number of hydrogen-bond acceptors (Lipinski definition) is 5. The van der Waals surface area contributed by atoms with Crippen LogP contribution < -0.4 is 25.6 Å². The Kier molecular flexibility index (Phi) is 10.6. The van der Waals surface area contributed by atoms with Crippen molar-refractivity contribution in [3.63, 3.8) is 0 Å². The third-order valence-corrected chi connectivity index (χ3v) is 7.99. The third-order valence-electron chi connectivity index (χ3n) is 7.78. The highest BCUT2D eigenvalue weighted by Crippen LogP contribution is 2.32. The molecule has 3 N–H and O–H groups in total. The summed E-state index contributed by atoms with van der Waals surface area (Å²) < 4.78 is 42.9. The van der Waals surface area contributed by atoms with E-state index in [1.54, 1.807) is 26.1 Å². The first-order valence-electron chi connectivity index (χ1n) is 15.6. The van der Waals surface area contributed by atoms with Crippen LogP contribution in [0.1, 0.15) is 46.8 Å². The topological polar surface area (TPSA) is 101 Å². The molecule has 50 heavy (non-hydrogen) atoms. The zero-order valence-corrected chi connectivity index (χ0v) is 28.7. The van der Waals surface area contributed by atoms with Gasteiger partial charge in [-0.05, 0) is 97.7 Å². The lowest BCUT2D eigenvalue weighted by Gasteiger charge is -2.24. The smallest absolute Gasteiger partial charge is 0.406 e. The Hall–Kier alpha value is -5.69. The number of thiocarbonyl (C=S) groups is 1. The average molecular weight is 701 g/mol. The van der Waals surface area contributed by atoms with Crippen molar-refractivity contribution in [3.05, 3.63) is 119 Å². The molecule has 1 heterocycles. The van der Waals surface area contributed by atoms with Crippen molar-refractivity contribution >= 4 is 52.1 Å². The number of aryl methyl sites for hydroxylation is 2. The van der Waals surface area contributed by atoms with E-state index in [0.29, 0.717) is 28.5 Å². The van der Waals surface area contributed by atoms with E-state index >= 15 is 0 Å². The maximum Gasteiger partial charge on any atom is 0.573 e. The minimum atomic E-state index is -4.83. The second kappa shape index (κ2) is 14.8. The van der Waals surface area contributed by atoms with E-state index in [1.807, 2.05) is 67.6 Å². The molecule has 0 atom stereocenters. The molecule has 258 valence electrons. The number of aromatic nitrogens is 2. The van der Waals surface area contributed by atoms with Crippen molar-refractivity contribution in [2.45, 2.75) is 40.0 Å². The van der Waals surface area contributed by atoms with Crippen LogP contribution in [0.5, 0.6) is 5.75 Å². The number of ether oxygens (including phenoxy) is 1. The normalized spacial score (nSPS) is 11.2. The Bertz CT molecular complexity index is 2010. The Labute approximate surface area is 293 Å². The van der Waals surface area contributed by atoms with E-state index in [9.17, 15) is 22.8 Å². The maximum atomic E-state index is 13.8. The number of urea groups is 1. The maximum absolute atomic E-state index is 13.8. The molecular weight excluding hydrogens is 666 g/mol. The number of para-hydroxylation sites is 1. The molecule has 5 rings (SSSR count). The first-order valence-corrected chi connectivity index (χ1v) is 16.0. The molecule has 0 aliphatic rings. The molecule has 0 aliphatic heterocycles. The molecule has 0 unspecified atom stereocenters. The number of nitrogens with zero attached hydrogens (tertiary/aromatic N) is 3. The molecule has 0 saturated heterocycles. The zero-order valence-electron chi connectivity index (χ0n) is 27.9. The summed E-state index contributed by atoms with van der Waals surface area (Å²) in [5.41, 5.74) is 6.26. The predicted molar refractivity (Wildman–Crippen MR) is 193 cm³/mol. The number of anilines is 4. The molecule has 3 amide bonds. The van der Waals surface area contributed by atoms with E-state index in [4.69, 9.17) is 12.2 Å². The summed E-state index contributed by atoms with van der Waals surface area (Å²) in [6.07, 6.45) is -4.83. The lowest BCUT2D eigenvalue weighted by molar-refractivity contribution is -0.274. The molecule has 0 bridgehead atoms. The van der Waals surface area contributed by atoms with E-state index in [-0.39, 0.29) is 16.6 Å². The summed E-state index contributed by atoms with van der Waals surface area (Å²) in [5, 5.41) is 13.5. The van der Waals surface area contributed by atoms with Crippen molar-refractivity contribution in [2.75, 3.05) is 15.5 Å². The van der Waals surface area contributed by atoms with Gasteiger partial charge in [0.05, 0.1) is 17.1 Å². The molecular formula is C37H35F3N6O3S. The van der Waals surface area contributed by atoms with Crippen molar-refractivity contribution < 1.29 is 27.5 Å². The van der Waals surface area contributed by atoms with E-state index in [1.165, 1.54) is 21.7 Å². The first kappa shape index (κ1) is 35.6. The van der Waals surface area contributed by atoms with Crippen LogP contribution in [0, 0.1) is 13.8 Å². The van der Waals surface area contributed by atoms with Crippen molar-refractivity contribution in [1.29, 1.82) is 0 Å². The lowest BCUT2D eigenvalue weighted by Crippen LogP contribution is -2.42. The molecule has 0 aliphatic carbocycles. The highest BCUT2D eigenvalue weighted by Gasteiger charge is 2.31. The summed E-state index contributed by atoms with van der Waals surface area (Å²) in [5.74, 6) is -0.309. The fourth-order valence-corrected chi connectivity index (χ4v) is 5.58. The minimum Gasteiger partial charge on any atom is -0.406 e. The summed E-state index contributed by atoms with van der Waals surface area (Å²) in [4.78, 5) is 28.2. The molecule has 13 heteroatoms. The standard InChI is InChI=1S/C37H35F3N6O3S/c1-22(2)30-20-11-23(3)21-31(30)41-35(50)43-36(48)46(27-9-7-6-8-10-27)28-16-12-25(13-17-28)32-24(4)33(45(5)44-32)42-34(47)26-14-18-29(19-15-26)49-37(38,39)40/h6-22H,1-5H3,(H,42,47)(H2,41,43,48,50). The van der Waals surface area contributed by atoms with Crippen molar-refractivity contribution in [2.24, 2.45) is 7.05 Å². The number of benzene rings is 4. The largest absolute Gasteiger partial charge is 0.573 e. The van der Waals surface area contributed by atoms with E-state index in [2.05, 4.69) is 39.6 Å². The molecule has 5 aromatic rings. The van der Waals surface area contributed by atoms with Crippen LogP contribution in [-0.4, -0.2) is 33.2 Å². The second-order valence-corrected chi connectivity index (χ2v) is 12.2. The van der Waals surface area contributed by atoms with Gasteiger partial charge in [-0.3, -0.25) is 19.7 Å². The van der Waals surface area contributed by atoms with Crippen LogP contribution in [0.25, 0.3) is 11.3 Å². The van der Waals surface area contributed by atoms with Gasteiger partial charge in [0.1, 0.15) is 11.6 Å². The summed E-state index contributed by atoms with van der Waals surface area (Å²) >= 11 is 5.56. The van der Waals surface area contributed by atoms with Gasteiger partial charge in [0.25, 0.3) is 5.91 Å². The van der Waals surface area contributed by atoms with Gasteiger partial charge in [0, 0.05) is 29.4 Å². The molecule has 9 nitrogen and oxygen atoms in total. The fourth-order valence-electron chi connectivity index (χ4n) is 5.38. The fraction of sp³-hybridized carbons (Fsp3) is 0.189. The molecule has 0 fully saturated rings. The van der Waals surface area contributed by atoms with Gasteiger partial charge in [0.2, 0.25) is 0 Å². The summed E-state index contributed by atoms with van der Waals surface area (Å²) in [6.45, 7) is 7.96. The number of nitrogens with one attached hydrogen (secondary N) is 3. The number of amides is 3. The predicted octanol–water partition coefficient (Wildman–Crippen LogP) is 9.22. The van der Waals surface area contributed by atoms with Gasteiger partial charge in [-0.15, -0.1) is 13.2 Å². The van der Waals surface area contributed by atoms with Crippen LogP contribution >= 0.6 is 12.2 Å². The first-order chi connectivity index (χ1) is 23.7. The Balaban J connectivity index is 1.34. The van der Waals surface area contributed by atoms with Gasteiger partial charge in [-0.2, -0.15) is 5.10 Å². The number of carbonyl (C=O) groups is 2. The lowest BCUT2D eigenvalue weighted by atomic mass is 9.99. The van der Waals surface area contributed by atoms with Crippen LogP contribution in [0.3, 0.4) is 0 Å². The van der Waals surface area contributed by atoms with Crippen LogP contribution in [0.15, 0.2) is 97.1 Å². The number of carbonyl (C=O) groups excluding carboxylic acids is 2. The monoisotopic (exact) mass is 700 g/mol. The molecule has 0 saturated carbocycles. The molecule has 1 aromatic heterocycles. The molecule has 0 spiro atoms. The van der Waals surface area contributed by atoms with Crippen molar-refractivity contribution in [1.82, 2.24) is 15.1 Å².